The number of carboxylic acids is 1. The molecule has 1 aliphatic carbocycles. The van der Waals surface area contributed by atoms with E-state index < -0.39 is 17.6 Å². The third-order valence-corrected chi connectivity index (χ3v) is 6.68. The first-order valence-corrected chi connectivity index (χ1v) is 12.0. The standard InChI is InChI=1S/C27H34N2O5/c1-3-27(4-2,25(32)28-17-11-5-6-16-24(30)31)29-26(33)34-18-23-21-14-9-7-12-19(21)20-13-8-10-15-22(20)23/h7-10,12-15,23H,3-6,11,16-18H2,1-2H3,(H,28,32)(H,29,33)(H,30,31). The number of benzene rings is 2. The van der Waals surface area contributed by atoms with Gasteiger partial charge in [0.05, 0.1) is 0 Å². The van der Waals surface area contributed by atoms with Crippen LogP contribution in [0.25, 0.3) is 11.1 Å². The van der Waals surface area contributed by atoms with E-state index in [1.807, 2.05) is 38.1 Å². The van der Waals surface area contributed by atoms with Gasteiger partial charge >= 0.3 is 12.1 Å². The van der Waals surface area contributed by atoms with Crippen LogP contribution < -0.4 is 10.6 Å². The molecule has 0 fully saturated rings. The average Bonchev–Trinajstić information content (AvgIpc) is 3.17. The van der Waals surface area contributed by atoms with Gasteiger partial charge in [0.2, 0.25) is 5.91 Å². The predicted octanol–water partition coefficient (Wildman–Crippen LogP) is 4.85. The second-order valence-corrected chi connectivity index (χ2v) is 8.70. The van der Waals surface area contributed by atoms with Gasteiger partial charge in [-0.05, 0) is 47.9 Å². The molecule has 3 rings (SSSR count). The van der Waals surface area contributed by atoms with Crippen molar-refractivity contribution in [2.75, 3.05) is 13.2 Å². The summed E-state index contributed by atoms with van der Waals surface area (Å²) in [7, 11) is 0. The molecule has 2 amide bonds. The minimum absolute atomic E-state index is 0.0459. The molecule has 0 aromatic heterocycles. The Labute approximate surface area is 200 Å². The van der Waals surface area contributed by atoms with Gasteiger partial charge in [0.1, 0.15) is 12.1 Å². The second-order valence-electron chi connectivity index (χ2n) is 8.70. The van der Waals surface area contributed by atoms with Gasteiger partial charge in [-0.1, -0.05) is 68.8 Å². The topological polar surface area (TPSA) is 105 Å². The summed E-state index contributed by atoms with van der Waals surface area (Å²) in [5, 5.41) is 14.4. The average molecular weight is 467 g/mol. The maximum absolute atomic E-state index is 12.9. The van der Waals surface area contributed by atoms with Gasteiger partial charge < -0.3 is 20.5 Å². The van der Waals surface area contributed by atoms with Gasteiger partial charge in [-0.25, -0.2) is 4.79 Å². The molecule has 0 saturated heterocycles. The first kappa shape index (κ1) is 25.3. The zero-order valence-electron chi connectivity index (χ0n) is 19.9. The number of nitrogens with one attached hydrogen (secondary N) is 2. The minimum atomic E-state index is -1.05. The number of carbonyl (C=O) groups is 3. The first-order valence-electron chi connectivity index (χ1n) is 12.0. The lowest BCUT2D eigenvalue weighted by molar-refractivity contribution is -0.137. The second kappa shape index (κ2) is 11.7. The molecule has 0 aliphatic heterocycles. The highest BCUT2D eigenvalue weighted by atomic mass is 16.5. The number of ether oxygens (including phenoxy) is 1. The summed E-state index contributed by atoms with van der Waals surface area (Å²) < 4.78 is 5.64. The van der Waals surface area contributed by atoms with E-state index in [4.69, 9.17) is 9.84 Å². The smallest absolute Gasteiger partial charge is 0.408 e. The van der Waals surface area contributed by atoms with Crippen molar-refractivity contribution in [2.24, 2.45) is 0 Å². The van der Waals surface area contributed by atoms with Crippen molar-refractivity contribution in [2.45, 2.75) is 63.8 Å². The minimum Gasteiger partial charge on any atom is -0.481 e. The Morgan fingerprint density at radius 3 is 2.06 bits per heavy atom. The number of hydrogen-bond donors (Lipinski definition) is 3. The number of alkyl carbamates (subject to hydrolysis) is 1. The SMILES string of the molecule is CCC(CC)(NC(=O)OCC1c2ccccc2-c2ccccc21)C(=O)NCCCCCC(=O)O. The van der Waals surface area contributed by atoms with Crippen LogP contribution in [0.4, 0.5) is 4.79 Å². The molecule has 7 heteroatoms. The van der Waals surface area contributed by atoms with Crippen LogP contribution in [0.2, 0.25) is 0 Å². The van der Waals surface area contributed by atoms with Crippen molar-refractivity contribution in [3.8, 4) is 11.1 Å². The maximum Gasteiger partial charge on any atom is 0.408 e. The molecule has 2 aromatic rings. The van der Waals surface area contributed by atoms with Crippen LogP contribution in [0.15, 0.2) is 48.5 Å². The summed E-state index contributed by atoms with van der Waals surface area (Å²) in [6, 6.07) is 16.3. The third kappa shape index (κ3) is 5.76. The molecule has 0 radical (unpaired) electrons. The lowest BCUT2D eigenvalue weighted by Gasteiger charge is -2.31. The van der Waals surface area contributed by atoms with Crippen LogP contribution in [0.5, 0.6) is 0 Å². The Bertz CT molecular complexity index is 970. The molecule has 0 atom stereocenters. The highest BCUT2D eigenvalue weighted by Gasteiger charge is 2.37. The highest BCUT2D eigenvalue weighted by molar-refractivity contribution is 5.90. The molecule has 0 unspecified atom stereocenters. The van der Waals surface area contributed by atoms with E-state index in [-0.39, 0.29) is 24.9 Å². The Hall–Kier alpha value is -3.35. The lowest BCUT2D eigenvalue weighted by Crippen LogP contribution is -2.58. The number of amides is 2. The molecule has 7 nitrogen and oxygen atoms in total. The summed E-state index contributed by atoms with van der Waals surface area (Å²) in [6.07, 6.45) is 2.37. The molecule has 1 aliphatic rings. The van der Waals surface area contributed by atoms with Gasteiger partial charge in [0.15, 0.2) is 0 Å². The van der Waals surface area contributed by atoms with E-state index >= 15 is 0 Å². The fourth-order valence-corrected chi connectivity index (χ4v) is 4.58. The molecule has 3 N–H and O–H groups in total. The van der Waals surface area contributed by atoms with Crippen LogP contribution >= 0.6 is 0 Å². The predicted molar refractivity (Wildman–Crippen MR) is 131 cm³/mol. The lowest BCUT2D eigenvalue weighted by atomic mass is 9.91. The fraction of sp³-hybridized carbons (Fsp3) is 0.444. The monoisotopic (exact) mass is 466 g/mol. The number of rotatable bonds is 12. The number of hydrogen-bond acceptors (Lipinski definition) is 4. The number of carbonyl (C=O) groups excluding carboxylic acids is 2. The van der Waals surface area contributed by atoms with E-state index in [2.05, 4.69) is 34.9 Å². The van der Waals surface area contributed by atoms with Crippen molar-refractivity contribution >= 4 is 18.0 Å². The normalized spacial score (nSPS) is 12.5. The van der Waals surface area contributed by atoms with E-state index in [0.29, 0.717) is 32.2 Å². The molecular weight excluding hydrogens is 432 g/mol. The number of fused-ring (bicyclic) bond motifs is 3. The molecule has 34 heavy (non-hydrogen) atoms. The van der Waals surface area contributed by atoms with Crippen molar-refractivity contribution < 1.29 is 24.2 Å². The van der Waals surface area contributed by atoms with Gasteiger partial charge in [-0.2, -0.15) is 0 Å². The Kier molecular flexibility index (Phi) is 8.68. The molecular formula is C27H34N2O5. The molecule has 0 saturated carbocycles. The van der Waals surface area contributed by atoms with Crippen molar-refractivity contribution in [3.63, 3.8) is 0 Å². The molecule has 0 spiro atoms. The van der Waals surface area contributed by atoms with Crippen LogP contribution in [0, 0.1) is 0 Å². The zero-order valence-corrected chi connectivity index (χ0v) is 19.9. The third-order valence-electron chi connectivity index (χ3n) is 6.68. The van der Waals surface area contributed by atoms with Crippen molar-refractivity contribution in [1.29, 1.82) is 0 Å². The highest BCUT2D eigenvalue weighted by Crippen LogP contribution is 2.44. The van der Waals surface area contributed by atoms with Crippen LogP contribution in [-0.2, 0) is 14.3 Å². The van der Waals surface area contributed by atoms with Crippen molar-refractivity contribution in [3.05, 3.63) is 59.7 Å². The number of carboxylic acid groups (broad SMARTS) is 1. The van der Waals surface area contributed by atoms with Gasteiger partial charge in [-0.15, -0.1) is 0 Å². The summed E-state index contributed by atoms with van der Waals surface area (Å²) in [5.41, 5.74) is 3.53. The Balaban J connectivity index is 1.57. The van der Waals surface area contributed by atoms with Gasteiger partial charge in [0.25, 0.3) is 0 Å². The van der Waals surface area contributed by atoms with E-state index in [1.165, 1.54) is 0 Å². The number of unbranched alkanes of at least 4 members (excludes halogenated alkanes) is 2. The van der Waals surface area contributed by atoms with Crippen LogP contribution in [0.1, 0.15) is 69.4 Å². The number of aliphatic carboxylic acids is 1. The first-order chi connectivity index (χ1) is 16.4. The quantitative estimate of drug-likeness (QED) is 0.388. The fourth-order valence-electron chi connectivity index (χ4n) is 4.58. The largest absolute Gasteiger partial charge is 0.481 e. The van der Waals surface area contributed by atoms with Gasteiger partial charge in [-0.3, -0.25) is 9.59 Å². The summed E-state index contributed by atoms with van der Waals surface area (Å²) in [5.74, 6) is -1.10. The summed E-state index contributed by atoms with van der Waals surface area (Å²) in [4.78, 5) is 36.3. The van der Waals surface area contributed by atoms with E-state index in [9.17, 15) is 14.4 Å². The molecule has 182 valence electrons. The summed E-state index contributed by atoms with van der Waals surface area (Å²) in [6.45, 7) is 4.35. The Morgan fingerprint density at radius 1 is 0.912 bits per heavy atom. The maximum atomic E-state index is 12.9. The Morgan fingerprint density at radius 2 is 1.50 bits per heavy atom. The summed E-state index contributed by atoms with van der Waals surface area (Å²) >= 11 is 0. The van der Waals surface area contributed by atoms with Crippen molar-refractivity contribution in [1.82, 2.24) is 10.6 Å². The van der Waals surface area contributed by atoms with Gasteiger partial charge in [0, 0.05) is 18.9 Å². The van der Waals surface area contributed by atoms with E-state index in [0.717, 1.165) is 28.7 Å². The van der Waals surface area contributed by atoms with E-state index in [1.54, 1.807) is 0 Å². The van der Waals surface area contributed by atoms with Crippen LogP contribution in [0.3, 0.4) is 0 Å². The molecule has 0 bridgehead atoms. The molecule has 2 aromatic carbocycles. The zero-order chi connectivity index (χ0) is 24.6. The van der Waals surface area contributed by atoms with Crippen LogP contribution in [-0.4, -0.2) is 41.8 Å². The molecule has 0 heterocycles.